The lowest BCUT2D eigenvalue weighted by Gasteiger charge is -2.07. The summed E-state index contributed by atoms with van der Waals surface area (Å²) in [5.74, 6) is -2.98. The van der Waals surface area contributed by atoms with E-state index in [1.165, 1.54) is 0 Å². The summed E-state index contributed by atoms with van der Waals surface area (Å²) in [6.45, 7) is 0. The molecule has 0 saturated heterocycles. The number of nitro groups is 2. The van der Waals surface area contributed by atoms with Crippen molar-refractivity contribution >= 4 is 23.0 Å². The van der Waals surface area contributed by atoms with Crippen LogP contribution in [0.2, 0.25) is 0 Å². The van der Waals surface area contributed by atoms with Gasteiger partial charge in [-0.3, -0.25) is 25.0 Å². The number of nitro benzene ring substituents is 2. The first-order valence-electron chi connectivity index (χ1n) is 5.99. The van der Waals surface area contributed by atoms with Gasteiger partial charge in [-0.25, -0.2) is 8.78 Å². The average Bonchev–Trinajstić information content (AvgIpc) is 2.49. The molecule has 0 radical (unpaired) electrons. The van der Waals surface area contributed by atoms with Gasteiger partial charge in [0.05, 0.1) is 21.6 Å². The predicted molar refractivity (Wildman–Crippen MR) is 74.1 cm³/mol. The Balaban J connectivity index is 2.38. The molecule has 0 aromatic heterocycles. The highest BCUT2D eigenvalue weighted by molar-refractivity contribution is 6.07. The Bertz CT molecular complexity index is 825. The van der Waals surface area contributed by atoms with E-state index < -0.39 is 44.3 Å². The van der Waals surface area contributed by atoms with E-state index in [9.17, 15) is 33.8 Å². The molecule has 0 aliphatic rings. The summed E-state index contributed by atoms with van der Waals surface area (Å²) in [4.78, 5) is 31.8. The van der Waals surface area contributed by atoms with Gasteiger partial charge in [0.1, 0.15) is 17.2 Å². The number of halogens is 2. The van der Waals surface area contributed by atoms with Gasteiger partial charge in [0.15, 0.2) is 0 Å². The van der Waals surface area contributed by atoms with Crippen molar-refractivity contribution in [3.05, 3.63) is 73.8 Å². The Hall–Kier alpha value is -3.43. The molecular formula is C13H7F2N3O5. The van der Waals surface area contributed by atoms with Crippen molar-refractivity contribution in [2.24, 2.45) is 0 Å². The summed E-state index contributed by atoms with van der Waals surface area (Å²) in [5, 5.41) is 23.6. The topological polar surface area (TPSA) is 115 Å². The monoisotopic (exact) mass is 323 g/mol. The molecule has 0 unspecified atom stereocenters. The second kappa shape index (κ2) is 6.13. The summed E-state index contributed by atoms with van der Waals surface area (Å²) in [6.07, 6.45) is 0. The van der Waals surface area contributed by atoms with Crippen LogP contribution in [0.15, 0.2) is 36.4 Å². The lowest BCUT2D eigenvalue weighted by molar-refractivity contribution is -0.394. The van der Waals surface area contributed by atoms with Crippen LogP contribution in [-0.4, -0.2) is 15.8 Å². The molecule has 0 bridgehead atoms. The third-order valence-electron chi connectivity index (χ3n) is 2.81. The molecule has 8 nitrogen and oxygen atoms in total. The Morgan fingerprint density at radius 1 is 1.00 bits per heavy atom. The molecule has 2 aromatic carbocycles. The van der Waals surface area contributed by atoms with Gasteiger partial charge in [0.2, 0.25) is 0 Å². The number of amides is 1. The standard InChI is InChI=1S/C13H7F2N3O5/c14-7-1-4-11(10(15)5-7)16-13(19)9-3-2-8(17(20)21)6-12(9)18(22)23/h1-6H,(H,16,19). The fourth-order valence-electron chi connectivity index (χ4n) is 1.76. The maximum atomic E-state index is 13.5. The average molecular weight is 323 g/mol. The van der Waals surface area contributed by atoms with Crippen LogP contribution >= 0.6 is 0 Å². The maximum absolute atomic E-state index is 13.5. The molecule has 0 saturated carbocycles. The molecule has 0 fully saturated rings. The van der Waals surface area contributed by atoms with Crippen molar-refractivity contribution in [3.63, 3.8) is 0 Å². The highest BCUT2D eigenvalue weighted by Gasteiger charge is 2.24. The van der Waals surface area contributed by atoms with Gasteiger partial charge in [0.25, 0.3) is 17.3 Å². The highest BCUT2D eigenvalue weighted by atomic mass is 19.1. The van der Waals surface area contributed by atoms with Crippen LogP contribution < -0.4 is 5.32 Å². The molecule has 10 heteroatoms. The molecule has 118 valence electrons. The molecule has 0 heterocycles. The first-order valence-corrected chi connectivity index (χ1v) is 5.99. The largest absolute Gasteiger partial charge is 0.319 e. The van der Waals surface area contributed by atoms with Crippen LogP contribution in [0.5, 0.6) is 0 Å². The van der Waals surface area contributed by atoms with Gasteiger partial charge in [0, 0.05) is 12.1 Å². The van der Waals surface area contributed by atoms with E-state index in [-0.39, 0.29) is 5.69 Å². The summed E-state index contributed by atoms with van der Waals surface area (Å²) >= 11 is 0. The third kappa shape index (κ3) is 3.43. The number of nitrogens with zero attached hydrogens (tertiary/aromatic N) is 2. The number of rotatable bonds is 4. The van der Waals surface area contributed by atoms with Gasteiger partial charge >= 0.3 is 0 Å². The van der Waals surface area contributed by atoms with Gasteiger partial charge in [-0.05, 0) is 18.2 Å². The molecule has 2 rings (SSSR count). The van der Waals surface area contributed by atoms with E-state index in [2.05, 4.69) is 0 Å². The zero-order chi connectivity index (χ0) is 17.1. The van der Waals surface area contributed by atoms with Gasteiger partial charge in [-0.2, -0.15) is 0 Å². The predicted octanol–water partition coefficient (Wildman–Crippen LogP) is 3.03. The second-order valence-electron chi connectivity index (χ2n) is 4.29. The number of carbonyl (C=O) groups excluding carboxylic acids is 1. The second-order valence-corrected chi connectivity index (χ2v) is 4.29. The fraction of sp³-hybridized carbons (Fsp3) is 0. The molecule has 1 N–H and O–H groups in total. The Kier molecular flexibility index (Phi) is 4.25. The minimum absolute atomic E-state index is 0.385. The number of carbonyl (C=O) groups is 1. The number of benzene rings is 2. The third-order valence-corrected chi connectivity index (χ3v) is 2.81. The van der Waals surface area contributed by atoms with E-state index in [4.69, 9.17) is 0 Å². The summed E-state index contributed by atoms with van der Waals surface area (Å²) in [5.41, 5.74) is -2.26. The minimum Gasteiger partial charge on any atom is -0.319 e. The van der Waals surface area contributed by atoms with Crippen molar-refractivity contribution in [3.8, 4) is 0 Å². The van der Waals surface area contributed by atoms with E-state index in [1.54, 1.807) is 0 Å². The number of nitrogens with one attached hydrogen (secondary N) is 1. The van der Waals surface area contributed by atoms with Gasteiger partial charge in [-0.1, -0.05) is 0 Å². The maximum Gasteiger partial charge on any atom is 0.289 e. The summed E-state index contributed by atoms with van der Waals surface area (Å²) in [7, 11) is 0. The Morgan fingerprint density at radius 3 is 2.26 bits per heavy atom. The smallest absolute Gasteiger partial charge is 0.289 e. The summed E-state index contributed by atoms with van der Waals surface area (Å²) in [6, 6.07) is 4.77. The molecular weight excluding hydrogens is 316 g/mol. The van der Waals surface area contributed by atoms with E-state index >= 15 is 0 Å². The molecule has 1 amide bonds. The van der Waals surface area contributed by atoms with Crippen molar-refractivity contribution in [1.82, 2.24) is 0 Å². The van der Waals surface area contributed by atoms with Crippen molar-refractivity contribution in [1.29, 1.82) is 0 Å². The van der Waals surface area contributed by atoms with Crippen LogP contribution in [0, 0.1) is 31.9 Å². The number of anilines is 1. The summed E-state index contributed by atoms with van der Waals surface area (Å²) < 4.78 is 26.3. The van der Waals surface area contributed by atoms with Crippen LogP contribution in [0.3, 0.4) is 0 Å². The van der Waals surface area contributed by atoms with Gasteiger partial charge in [-0.15, -0.1) is 0 Å². The zero-order valence-electron chi connectivity index (χ0n) is 11.2. The van der Waals surface area contributed by atoms with Crippen LogP contribution in [0.4, 0.5) is 25.8 Å². The number of non-ortho nitro benzene ring substituents is 1. The molecule has 0 aliphatic heterocycles. The minimum atomic E-state index is -1.07. The molecule has 0 spiro atoms. The van der Waals surface area contributed by atoms with Crippen molar-refractivity contribution in [2.45, 2.75) is 0 Å². The molecule has 23 heavy (non-hydrogen) atoms. The fourth-order valence-corrected chi connectivity index (χ4v) is 1.76. The molecule has 0 atom stereocenters. The SMILES string of the molecule is O=C(Nc1ccc(F)cc1F)c1ccc([N+](=O)[O-])cc1[N+](=O)[O-]. The molecule has 0 aliphatic carbocycles. The molecule has 2 aromatic rings. The lowest BCUT2D eigenvalue weighted by Crippen LogP contribution is -2.15. The van der Waals surface area contributed by atoms with Crippen molar-refractivity contribution in [2.75, 3.05) is 5.32 Å². The van der Waals surface area contributed by atoms with Crippen LogP contribution in [-0.2, 0) is 0 Å². The zero-order valence-corrected chi connectivity index (χ0v) is 11.2. The first kappa shape index (κ1) is 15.9. The van der Waals surface area contributed by atoms with E-state index in [0.717, 1.165) is 24.3 Å². The quantitative estimate of drug-likeness (QED) is 0.686. The number of hydrogen-bond donors (Lipinski definition) is 1. The van der Waals surface area contributed by atoms with E-state index in [1.807, 2.05) is 5.32 Å². The Labute approximate surface area is 126 Å². The Morgan fingerprint density at radius 2 is 1.70 bits per heavy atom. The van der Waals surface area contributed by atoms with E-state index in [0.29, 0.717) is 12.1 Å². The normalized spacial score (nSPS) is 10.2. The first-order chi connectivity index (χ1) is 10.8. The number of hydrogen-bond acceptors (Lipinski definition) is 5. The van der Waals surface area contributed by atoms with Gasteiger partial charge < -0.3 is 5.32 Å². The van der Waals surface area contributed by atoms with Crippen LogP contribution in [0.1, 0.15) is 10.4 Å². The van der Waals surface area contributed by atoms with Crippen molar-refractivity contribution < 1.29 is 23.4 Å². The van der Waals surface area contributed by atoms with Crippen LogP contribution in [0.25, 0.3) is 0 Å². The lowest BCUT2D eigenvalue weighted by atomic mass is 10.1. The highest BCUT2D eigenvalue weighted by Crippen LogP contribution is 2.26.